The molecule has 0 aliphatic carbocycles. The van der Waals surface area contributed by atoms with Crippen molar-refractivity contribution in [3.63, 3.8) is 0 Å². The molecular formula is C19H15N5O2. The van der Waals surface area contributed by atoms with E-state index < -0.39 is 0 Å². The second kappa shape index (κ2) is 6.69. The van der Waals surface area contributed by atoms with Gasteiger partial charge in [0, 0.05) is 5.56 Å². The number of hydrogen-bond donors (Lipinski definition) is 1. The summed E-state index contributed by atoms with van der Waals surface area (Å²) in [4.78, 5) is 15.9. The number of benzene rings is 2. The van der Waals surface area contributed by atoms with Crippen LogP contribution in [0.25, 0.3) is 0 Å². The third-order valence-electron chi connectivity index (χ3n) is 4.30. The highest BCUT2D eigenvalue weighted by Crippen LogP contribution is 2.29. The predicted octanol–water partition coefficient (Wildman–Crippen LogP) is 2.66. The first kappa shape index (κ1) is 15.8. The van der Waals surface area contributed by atoms with E-state index in [1.54, 1.807) is 10.7 Å². The molecule has 2 heterocycles. The molecule has 0 saturated heterocycles. The fourth-order valence-corrected chi connectivity index (χ4v) is 2.97. The summed E-state index contributed by atoms with van der Waals surface area (Å²) in [6, 6.07) is 16.9. The quantitative estimate of drug-likeness (QED) is 0.785. The van der Waals surface area contributed by atoms with Gasteiger partial charge in [-0.05, 0) is 23.8 Å². The normalized spacial score (nSPS) is 15.7. The van der Waals surface area contributed by atoms with Crippen molar-refractivity contribution in [1.29, 1.82) is 5.26 Å². The topological polar surface area (TPSA) is 92.8 Å². The number of carbonyl (C=O) groups is 1. The number of fused-ring (bicyclic) bond motifs is 1. The molecule has 1 N–H and O–H groups in total. The third-order valence-corrected chi connectivity index (χ3v) is 4.30. The van der Waals surface area contributed by atoms with Crippen LogP contribution in [0.5, 0.6) is 5.75 Å². The molecular weight excluding hydrogens is 330 g/mol. The van der Waals surface area contributed by atoms with E-state index in [4.69, 9.17) is 10.00 Å². The summed E-state index contributed by atoms with van der Waals surface area (Å²) < 4.78 is 7.50. The molecule has 1 aliphatic rings. The largest absolute Gasteiger partial charge is 0.489 e. The molecule has 3 aromatic rings. The molecule has 1 amide bonds. The lowest BCUT2D eigenvalue weighted by atomic mass is 10.0. The SMILES string of the molecule is N#Cc1ccccc1COc1ccc([C@H]2CC(=O)Nc3ncnn32)cc1. The minimum atomic E-state index is -0.186. The fraction of sp³-hybridized carbons (Fsp3) is 0.158. The third kappa shape index (κ3) is 3.00. The van der Waals surface area contributed by atoms with E-state index in [9.17, 15) is 4.79 Å². The van der Waals surface area contributed by atoms with Gasteiger partial charge in [-0.3, -0.25) is 10.1 Å². The van der Waals surface area contributed by atoms with Crippen LogP contribution in [-0.2, 0) is 11.4 Å². The van der Waals surface area contributed by atoms with Gasteiger partial charge in [-0.25, -0.2) is 4.68 Å². The highest BCUT2D eigenvalue weighted by atomic mass is 16.5. The summed E-state index contributed by atoms with van der Waals surface area (Å²) in [5, 5.41) is 16.0. The van der Waals surface area contributed by atoms with Crippen molar-refractivity contribution in [2.45, 2.75) is 19.1 Å². The fourth-order valence-electron chi connectivity index (χ4n) is 2.97. The maximum absolute atomic E-state index is 11.9. The number of nitrogens with zero attached hydrogens (tertiary/aromatic N) is 4. The second-order valence-electron chi connectivity index (χ2n) is 5.92. The van der Waals surface area contributed by atoms with Crippen LogP contribution in [0.2, 0.25) is 0 Å². The van der Waals surface area contributed by atoms with E-state index in [1.165, 1.54) is 6.33 Å². The van der Waals surface area contributed by atoms with Crippen LogP contribution >= 0.6 is 0 Å². The Kier molecular flexibility index (Phi) is 4.07. The Morgan fingerprint density at radius 3 is 2.85 bits per heavy atom. The van der Waals surface area contributed by atoms with Crippen molar-refractivity contribution in [1.82, 2.24) is 14.8 Å². The smallest absolute Gasteiger partial charge is 0.229 e. The lowest BCUT2D eigenvalue weighted by Crippen LogP contribution is -2.29. The van der Waals surface area contributed by atoms with Gasteiger partial charge in [-0.1, -0.05) is 30.3 Å². The molecule has 7 heteroatoms. The highest BCUT2D eigenvalue weighted by Gasteiger charge is 2.27. The Hall–Kier alpha value is -3.66. The Labute approximate surface area is 149 Å². The maximum Gasteiger partial charge on any atom is 0.229 e. The highest BCUT2D eigenvalue weighted by molar-refractivity contribution is 5.91. The molecule has 0 fully saturated rings. The molecule has 0 unspecified atom stereocenters. The van der Waals surface area contributed by atoms with Crippen molar-refractivity contribution < 1.29 is 9.53 Å². The summed E-state index contributed by atoms with van der Waals surface area (Å²) in [5.41, 5.74) is 2.41. The zero-order valence-electron chi connectivity index (χ0n) is 13.8. The number of nitrogens with one attached hydrogen (secondary N) is 1. The van der Waals surface area contributed by atoms with Gasteiger partial charge in [0.25, 0.3) is 0 Å². The van der Waals surface area contributed by atoms with Gasteiger partial charge in [0.2, 0.25) is 11.9 Å². The zero-order chi connectivity index (χ0) is 17.9. The van der Waals surface area contributed by atoms with Gasteiger partial charge < -0.3 is 4.74 Å². The summed E-state index contributed by atoms with van der Waals surface area (Å²) in [7, 11) is 0. The Bertz CT molecular complexity index is 988. The molecule has 4 rings (SSSR count). The van der Waals surface area contributed by atoms with Gasteiger partial charge in [0.1, 0.15) is 18.7 Å². The lowest BCUT2D eigenvalue weighted by Gasteiger charge is -2.23. The van der Waals surface area contributed by atoms with E-state index in [0.29, 0.717) is 30.3 Å². The molecule has 0 spiro atoms. The summed E-state index contributed by atoms with van der Waals surface area (Å²) in [6.45, 7) is 0.322. The van der Waals surface area contributed by atoms with E-state index in [1.807, 2.05) is 42.5 Å². The van der Waals surface area contributed by atoms with Gasteiger partial charge in [0.05, 0.1) is 24.1 Å². The molecule has 1 aliphatic heterocycles. The van der Waals surface area contributed by atoms with E-state index >= 15 is 0 Å². The van der Waals surface area contributed by atoms with Crippen molar-refractivity contribution in [2.24, 2.45) is 0 Å². The van der Waals surface area contributed by atoms with Crippen molar-refractivity contribution in [3.8, 4) is 11.8 Å². The van der Waals surface area contributed by atoms with E-state index in [0.717, 1.165) is 11.1 Å². The molecule has 7 nitrogen and oxygen atoms in total. The molecule has 128 valence electrons. The number of carbonyl (C=O) groups excluding carboxylic acids is 1. The monoisotopic (exact) mass is 345 g/mol. The van der Waals surface area contributed by atoms with Crippen molar-refractivity contribution in [3.05, 3.63) is 71.5 Å². The predicted molar refractivity (Wildman–Crippen MR) is 93.3 cm³/mol. The van der Waals surface area contributed by atoms with Crippen LogP contribution in [-0.4, -0.2) is 20.7 Å². The average molecular weight is 345 g/mol. The van der Waals surface area contributed by atoms with Gasteiger partial charge in [-0.2, -0.15) is 15.3 Å². The molecule has 0 radical (unpaired) electrons. The number of nitriles is 1. The summed E-state index contributed by atoms with van der Waals surface area (Å²) in [6.07, 6.45) is 1.74. The Morgan fingerprint density at radius 1 is 1.23 bits per heavy atom. The van der Waals surface area contributed by atoms with E-state index in [-0.39, 0.29) is 11.9 Å². The van der Waals surface area contributed by atoms with Crippen molar-refractivity contribution in [2.75, 3.05) is 5.32 Å². The number of ether oxygens (including phenoxy) is 1. The van der Waals surface area contributed by atoms with E-state index in [2.05, 4.69) is 21.5 Å². The summed E-state index contributed by atoms with van der Waals surface area (Å²) in [5.74, 6) is 1.07. The van der Waals surface area contributed by atoms with Crippen LogP contribution in [0.4, 0.5) is 5.95 Å². The Balaban J connectivity index is 1.50. The molecule has 26 heavy (non-hydrogen) atoms. The average Bonchev–Trinajstić information content (AvgIpc) is 3.14. The number of rotatable bonds is 4. The van der Waals surface area contributed by atoms with Crippen LogP contribution < -0.4 is 10.1 Å². The van der Waals surface area contributed by atoms with Crippen molar-refractivity contribution >= 4 is 11.9 Å². The first-order chi connectivity index (χ1) is 12.7. The van der Waals surface area contributed by atoms with Gasteiger partial charge in [0.15, 0.2) is 0 Å². The van der Waals surface area contributed by atoms with Gasteiger partial charge >= 0.3 is 0 Å². The molecule has 1 aromatic heterocycles. The number of anilines is 1. The molecule has 0 bridgehead atoms. The first-order valence-corrected chi connectivity index (χ1v) is 8.15. The number of aromatic nitrogens is 3. The number of amides is 1. The molecule has 2 aromatic carbocycles. The molecule has 0 saturated carbocycles. The zero-order valence-corrected chi connectivity index (χ0v) is 13.8. The maximum atomic E-state index is 11.9. The van der Waals surface area contributed by atoms with Crippen LogP contribution in [0.1, 0.15) is 29.2 Å². The van der Waals surface area contributed by atoms with Crippen LogP contribution in [0.15, 0.2) is 54.9 Å². The van der Waals surface area contributed by atoms with Gasteiger partial charge in [-0.15, -0.1) is 0 Å². The van der Waals surface area contributed by atoms with Crippen LogP contribution in [0, 0.1) is 11.3 Å². The minimum Gasteiger partial charge on any atom is -0.489 e. The second-order valence-corrected chi connectivity index (χ2v) is 5.92. The number of hydrogen-bond acceptors (Lipinski definition) is 5. The first-order valence-electron chi connectivity index (χ1n) is 8.15. The Morgan fingerprint density at radius 2 is 2.04 bits per heavy atom. The minimum absolute atomic E-state index is 0.0797. The lowest BCUT2D eigenvalue weighted by molar-refractivity contribution is -0.117. The summed E-state index contributed by atoms with van der Waals surface area (Å²) >= 11 is 0. The van der Waals surface area contributed by atoms with Crippen LogP contribution in [0.3, 0.4) is 0 Å². The molecule has 1 atom stereocenters. The standard InChI is InChI=1S/C19H15N5O2/c20-10-14-3-1-2-4-15(14)11-26-16-7-5-13(6-8-16)17-9-18(25)23-19-21-12-22-24(17)19/h1-8,12,17H,9,11H2,(H,21,22,23,25)/t17-/m1/s1.